The van der Waals surface area contributed by atoms with Crippen LogP contribution in [0.5, 0.6) is 0 Å². The molecular formula is C9H9NS. The molecule has 1 nitrogen and oxygen atoms in total. The van der Waals surface area contributed by atoms with E-state index in [2.05, 4.69) is 18.2 Å². The monoisotopic (exact) mass is 163 g/mol. The van der Waals surface area contributed by atoms with E-state index in [4.69, 9.17) is 5.41 Å². The lowest BCUT2D eigenvalue weighted by Gasteiger charge is -2.14. The Labute approximate surface area is 70.3 Å². The van der Waals surface area contributed by atoms with Crippen LogP contribution in [-0.2, 0) is 6.42 Å². The average molecular weight is 163 g/mol. The molecule has 0 fully saturated rings. The van der Waals surface area contributed by atoms with E-state index in [0.29, 0.717) is 0 Å². The SMILES string of the molecule is N=C1CCc2ccccc2S1. The Balaban J connectivity index is 2.41. The van der Waals surface area contributed by atoms with Gasteiger partial charge in [0.25, 0.3) is 0 Å². The molecule has 0 unspecified atom stereocenters. The van der Waals surface area contributed by atoms with Gasteiger partial charge in [-0.15, -0.1) is 0 Å². The average Bonchev–Trinajstić information content (AvgIpc) is 2.04. The largest absolute Gasteiger partial charge is 0.298 e. The Morgan fingerprint density at radius 2 is 2.00 bits per heavy atom. The van der Waals surface area contributed by atoms with E-state index in [0.717, 1.165) is 17.9 Å². The molecule has 0 radical (unpaired) electrons. The van der Waals surface area contributed by atoms with Gasteiger partial charge in [0, 0.05) is 4.90 Å². The molecule has 2 heteroatoms. The van der Waals surface area contributed by atoms with Crippen molar-refractivity contribution in [2.45, 2.75) is 17.7 Å². The van der Waals surface area contributed by atoms with Crippen molar-refractivity contribution >= 4 is 16.8 Å². The van der Waals surface area contributed by atoms with Gasteiger partial charge in [-0.1, -0.05) is 30.0 Å². The van der Waals surface area contributed by atoms with Crippen molar-refractivity contribution < 1.29 is 0 Å². The zero-order valence-corrected chi connectivity index (χ0v) is 6.95. The molecule has 0 amide bonds. The van der Waals surface area contributed by atoms with Gasteiger partial charge in [-0.25, -0.2) is 0 Å². The van der Waals surface area contributed by atoms with E-state index >= 15 is 0 Å². The first-order valence-corrected chi connectivity index (χ1v) is 4.51. The summed E-state index contributed by atoms with van der Waals surface area (Å²) in [5.41, 5.74) is 1.40. The molecule has 1 aliphatic heterocycles. The summed E-state index contributed by atoms with van der Waals surface area (Å²) in [6, 6.07) is 8.33. The third kappa shape index (κ3) is 1.31. The van der Waals surface area contributed by atoms with E-state index in [9.17, 15) is 0 Å². The van der Waals surface area contributed by atoms with Crippen LogP contribution in [0.1, 0.15) is 12.0 Å². The number of benzene rings is 1. The summed E-state index contributed by atoms with van der Waals surface area (Å²) in [5.74, 6) is 0. The molecule has 0 aliphatic carbocycles. The summed E-state index contributed by atoms with van der Waals surface area (Å²) in [5, 5.41) is 8.28. The van der Waals surface area contributed by atoms with Gasteiger partial charge in [0.15, 0.2) is 0 Å². The molecule has 0 spiro atoms. The van der Waals surface area contributed by atoms with Crippen LogP contribution in [0.25, 0.3) is 0 Å². The number of hydrogen-bond donors (Lipinski definition) is 1. The maximum atomic E-state index is 7.48. The summed E-state index contributed by atoms with van der Waals surface area (Å²) in [4.78, 5) is 1.27. The predicted octanol–water partition coefficient (Wildman–Crippen LogP) is 2.70. The van der Waals surface area contributed by atoms with Crippen LogP contribution in [-0.4, -0.2) is 5.04 Å². The summed E-state index contributed by atoms with van der Waals surface area (Å²) >= 11 is 1.60. The number of nitrogens with one attached hydrogen (secondary N) is 1. The standard InChI is InChI=1S/C9H9NS/c10-9-6-5-7-3-1-2-4-8(7)11-9/h1-4,10H,5-6H2. The van der Waals surface area contributed by atoms with Gasteiger partial charge in [-0.2, -0.15) is 0 Å². The highest BCUT2D eigenvalue weighted by atomic mass is 32.2. The van der Waals surface area contributed by atoms with Crippen LogP contribution in [0, 0.1) is 5.41 Å². The third-order valence-corrected chi connectivity index (χ3v) is 2.90. The molecule has 1 heterocycles. The fourth-order valence-electron chi connectivity index (χ4n) is 1.24. The van der Waals surface area contributed by atoms with Gasteiger partial charge in [-0.3, -0.25) is 5.41 Å². The Hall–Kier alpha value is -0.760. The van der Waals surface area contributed by atoms with Crippen LogP contribution in [0.15, 0.2) is 29.2 Å². The van der Waals surface area contributed by atoms with Crippen LogP contribution < -0.4 is 0 Å². The minimum atomic E-state index is 0.795. The van der Waals surface area contributed by atoms with Crippen LogP contribution in [0.4, 0.5) is 0 Å². The number of thioether (sulfide) groups is 1. The lowest BCUT2D eigenvalue weighted by Crippen LogP contribution is -2.02. The number of fused-ring (bicyclic) bond motifs is 1. The van der Waals surface area contributed by atoms with Gasteiger partial charge in [0.2, 0.25) is 0 Å². The normalized spacial score (nSPS) is 16.2. The first-order valence-electron chi connectivity index (χ1n) is 3.69. The molecule has 1 aromatic rings. The second kappa shape index (κ2) is 2.70. The van der Waals surface area contributed by atoms with Crippen LogP contribution in [0.3, 0.4) is 0 Å². The lowest BCUT2D eigenvalue weighted by atomic mass is 10.1. The van der Waals surface area contributed by atoms with E-state index in [1.165, 1.54) is 10.5 Å². The second-order valence-corrected chi connectivity index (χ2v) is 3.77. The maximum Gasteiger partial charge on any atom is 0.0692 e. The first kappa shape index (κ1) is 6.92. The van der Waals surface area contributed by atoms with Crippen LogP contribution in [0.2, 0.25) is 0 Å². The van der Waals surface area contributed by atoms with Crippen molar-refractivity contribution in [2.24, 2.45) is 0 Å². The molecular weight excluding hydrogens is 154 g/mol. The van der Waals surface area contributed by atoms with E-state index in [1.54, 1.807) is 11.8 Å². The zero-order valence-electron chi connectivity index (χ0n) is 6.13. The Morgan fingerprint density at radius 3 is 2.91 bits per heavy atom. The molecule has 0 aromatic heterocycles. The molecule has 11 heavy (non-hydrogen) atoms. The van der Waals surface area contributed by atoms with Gasteiger partial charge >= 0.3 is 0 Å². The number of rotatable bonds is 0. The maximum absolute atomic E-state index is 7.48. The molecule has 0 bridgehead atoms. The molecule has 1 aromatic carbocycles. The summed E-state index contributed by atoms with van der Waals surface area (Å²) in [6.07, 6.45) is 1.96. The topological polar surface area (TPSA) is 23.9 Å². The van der Waals surface area contributed by atoms with Gasteiger partial charge < -0.3 is 0 Å². The summed E-state index contributed by atoms with van der Waals surface area (Å²) in [7, 11) is 0. The van der Waals surface area contributed by atoms with Crippen molar-refractivity contribution in [2.75, 3.05) is 0 Å². The lowest BCUT2D eigenvalue weighted by molar-refractivity contribution is 0.994. The molecule has 0 saturated carbocycles. The molecule has 1 N–H and O–H groups in total. The van der Waals surface area contributed by atoms with Crippen molar-refractivity contribution in [1.82, 2.24) is 0 Å². The fourth-order valence-corrected chi connectivity index (χ4v) is 2.16. The van der Waals surface area contributed by atoms with Gasteiger partial charge in [0.05, 0.1) is 5.04 Å². The number of hydrogen-bond acceptors (Lipinski definition) is 2. The molecule has 2 rings (SSSR count). The quantitative estimate of drug-likeness (QED) is 0.624. The molecule has 1 aliphatic rings. The zero-order chi connectivity index (χ0) is 7.68. The first-order chi connectivity index (χ1) is 5.36. The van der Waals surface area contributed by atoms with Crippen molar-refractivity contribution in [3.63, 3.8) is 0 Å². The van der Waals surface area contributed by atoms with Crippen molar-refractivity contribution in [1.29, 1.82) is 5.41 Å². The second-order valence-electron chi connectivity index (χ2n) is 2.63. The summed E-state index contributed by atoms with van der Waals surface area (Å²) < 4.78 is 0. The Morgan fingerprint density at radius 1 is 1.18 bits per heavy atom. The third-order valence-electron chi connectivity index (χ3n) is 1.83. The predicted molar refractivity (Wildman–Crippen MR) is 48.3 cm³/mol. The van der Waals surface area contributed by atoms with E-state index in [1.807, 2.05) is 6.07 Å². The minimum Gasteiger partial charge on any atom is -0.298 e. The molecule has 0 atom stereocenters. The number of aryl methyl sites for hydroxylation is 1. The van der Waals surface area contributed by atoms with E-state index in [-0.39, 0.29) is 0 Å². The molecule has 0 saturated heterocycles. The highest BCUT2D eigenvalue weighted by molar-refractivity contribution is 8.14. The van der Waals surface area contributed by atoms with Crippen molar-refractivity contribution in [3.8, 4) is 0 Å². The summed E-state index contributed by atoms with van der Waals surface area (Å²) in [6.45, 7) is 0. The van der Waals surface area contributed by atoms with Crippen LogP contribution >= 0.6 is 11.8 Å². The van der Waals surface area contributed by atoms with Gasteiger partial charge in [-0.05, 0) is 24.5 Å². The van der Waals surface area contributed by atoms with Gasteiger partial charge in [0.1, 0.15) is 0 Å². The Kier molecular flexibility index (Phi) is 1.70. The van der Waals surface area contributed by atoms with Crippen molar-refractivity contribution in [3.05, 3.63) is 29.8 Å². The van der Waals surface area contributed by atoms with E-state index < -0.39 is 0 Å². The fraction of sp³-hybridized carbons (Fsp3) is 0.222. The molecule has 56 valence electrons. The highest BCUT2D eigenvalue weighted by Crippen LogP contribution is 2.30. The smallest absolute Gasteiger partial charge is 0.0692 e. The highest BCUT2D eigenvalue weighted by Gasteiger charge is 2.11. The Bertz CT molecular complexity index is 293. The minimum absolute atomic E-state index is 0.795.